The van der Waals surface area contributed by atoms with E-state index in [-0.39, 0.29) is 35.5 Å². The molecule has 2 N–H and O–H groups in total. The third kappa shape index (κ3) is 21.1. The molecule has 0 aliphatic carbocycles. The van der Waals surface area contributed by atoms with Crippen LogP contribution in [0.1, 0.15) is 110 Å². The van der Waals surface area contributed by atoms with Crippen molar-refractivity contribution in [1.82, 2.24) is 0 Å². The van der Waals surface area contributed by atoms with Gasteiger partial charge in [-0.3, -0.25) is 4.79 Å². The number of carbonyl (C=O) groups excluding carboxylic acids is 1. The Morgan fingerprint density at radius 1 is 0.769 bits per heavy atom. The summed E-state index contributed by atoms with van der Waals surface area (Å²) in [5, 5.41) is 0. The van der Waals surface area contributed by atoms with Crippen LogP contribution in [-0.4, -0.2) is 53.9 Å². The van der Waals surface area contributed by atoms with Crippen LogP contribution >= 0.6 is 12.6 Å². The van der Waals surface area contributed by atoms with E-state index in [1.54, 1.807) is 0 Å². The SMILES string of the molecule is CCCCCCCCCCCCCCCCCCOC(=O)[C@@H](N)CS.[NaH]. The monoisotopic (exact) mass is 397 g/mol. The van der Waals surface area contributed by atoms with Crippen LogP contribution in [-0.2, 0) is 9.53 Å². The maximum absolute atomic E-state index is 11.3. The van der Waals surface area contributed by atoms with Crippen molar-refractivity contribution in [1.29, 1.82) is 0 Å². The number of hydrogen-bond acceptors (Lipinski definition) is 4. The number of esters is 1. The molecule has 0 spiro atoms. The molecule has 0 aliphatic rings. The van der Waals surface area contributed by atoms with E-state index in [1.165, 1.54) is 89.9 Å². The van der Waals surface area contributed by atoms with Gasteiger partial charge in [-0.2, -0.15) is 12.6 Å². The van der Waals surface area contributed by atoms with E-state index >= 15 is 0 Å². The van der Waals surface area contributed by atoms with Crippen LogP contribution in [0.25, 0.3) is 0 Å². The van der Waals surface area contributed by atoms with Gasteiger partial charge in [0.2, 0.25) is 0 Å². The second kappa shape index (κ2) is 23.8. The fourth-order valence-electron chi connectivity index (χ4n) is 3.00. The van der Waals surface area contributed by atoms with Crippen LogP contribution in [0, 0.1) is 0 Å². The van der Waals surface area contributed by atoms with Crippen molar-refractivity contribution in [2.24, 2.45) is 5.73 Å². The van der Waals surface area contributed by atoms with Crippen molar-refractivity contribution >= 4 is 48.2 Å². The fourth-order valence-corrected chi connectivity index (χ4v) is 3.15. The summed E-state index contributed by atoms with van der Waals surface area (Å²) in [4.78, 5) is 11.3. The van der Waals surface area contributed by atoms with E-state index in [1.807, 2.05) is 0 Å². The van der Waals surface area contributed by atoms with Crippen LogP contribution in [0.2, 0.25) is 0 Å². The molecule has 3 nitrogen and oxygen atoms in total. The summed E-state index contributed by atoms with van der Waals surface area (Å²) >= 11 is 3.99. The molecule has 26 heavy (non-hydrogen) atoms. The van der Waals surface area contributed by atoms with Crippen molar-refractivity contribution in [2.75, 3.05) is 12.4 Å². The van der Waals surface area contributed by atoms with Gasteiger partial charge < -0.3 is 10.5 Å². The predicted molar refractivity (Wildman–Crippen MR) is 119 cm³/mol. The average Bonchev–Trinajstić information content (AvgIpc) is 2.63. The first-order chi connectivity index (χ1) is 12.2. The summed E-state index contributed by atoms with van der Waals surface area (Å²) < 4.78 is 5.10. The molecule has 0 amide bonds. The molecule has 0 heterocycles. The molecule has 0 aliphatic heterocycles. The Kier molecular flexibility index (Phi) is 26.6. The molecular weight excluding hydrogens is 353 g/mol. The Morgan fingerprint density at radius 3 is 1.46 bits per heavy atom. The molecule has 0 radical (unpaired) electrons. The van der Waals surface area contributed by atoms with E-state index in [0.29, 0.717) is 12.4 Å². The summed E-state index contributed by atoms with van der Waals surface area (Å²) in [6, 6.07) is -0.579. The molecule has 0 unspecified atom stereocenters. The van der Waals surface area contributed by atoms with E-state index in [9.17, 15) is 4.79 Å². The first-order valence-electron chi connectivity index (χ1n) is 10.8. The molecule has 0 aromatic rings. The van der Waals surface area contributed by atoms with Crippen LogP contribution in [0.4, 0.5) is 0 Å². The third-order valence-corrected chi connectivity index (χ3v) is 5.14. The molecule has 5 heteroatoms. The molecule has 0 rings (SSSR count). The molecule has 0 fully saturated rings. The van der Waals surface area contributed by atoms with Gasteiger partial charge in [-0.1, -0.05) is 103 Å². The number of hydrogen-bond donors (Lipinski definition) is 2. The van der Waals surface area contributed by atoms with E-state index < -0.39 is 6.04 Å². The normalized spacial score (nSPS) is 11.8. The number of carbonyl (C=O) groups is 1. The van der Waals surface area contributed by atoms with Crippen molar-refractivity contribution in [3.05, 3.63) is 0 Å². The summed E-state index contributed by atoms with van der Waals surface area (Å²) in [7, 11) is 0. The second-order valence-corrected chi connectivity index (χ2v) is 7.63. The third-order valence-electron chi connectivity index (χ3n) is 4.74. The van der Waals surface area contributed by atoms with Gasteiger partial charge >= 0.3 is 35.5 Å². The Hall–Kier alpha value is 0.780. The standard InChI is InChI=1S/C21H43NO2S.Na.H/c1-2-3-4-5-6-7-8-9-10-11-12-13-14-15-16-17-18-24-21(23)20(22)19-25;;/h20,25H,2-19,22H2,1H3;;/t20-;;/m0../s1. The molecule has 0 saturated carbocycles. The Bertz CT molecular complexity index is 293. The van der Waals surface area contributed by atoms with Gasteiger partial charge in [0.1, 0.15) is 6.04 Å². The zero-order valence-corrected chi connectivity index (χ0v) is 17.5. The zero-order valence-electron chi connectivity index (χ0n) is 16.6. The van der Waals surface area contributed by atoms with E-state index in [2.05, 4.69) is 19.6 Å². The molecular formula is C21H44NNaO2S. The molecule has 0 saturated heterocycles. The van der Waals surface area contributed by atoms with Gasteiger partial charge in [0, 0.05) is 5.75 Å². The molecule has 152 valence electrons. The fraction of sp³-hybridized carbons (Fsp3) is 0.952. The number of nitrogens with two attached hydrogens (primary N) is 1. The van der Waals surface area contributed by atoms with Gasteiger partial charge in [0.05, 0.1) is 6.61 Å². The van der Waals surface area contributed by atoms with Crippen LogP contribution in [0.5, 0.6) is 0 Å². The van der Waals surface area contributed by atoms with Crippen molar-refractivity contribution in [2.45, 2.75) is 116 Å². The predicted octanol–water partition coefficient (Wildman–Crippen LogP) is 5.40. The van der Waals surface area contributed by atoms with Crippen LogP contribution in [0.15, 0.2) is 0 Å². The average molecular weight is 398 g/mol. The molecule has 0 aromatic carbocycles. The van der Waals surface area contributed by atoms with Crippen molar-refractivity contribution < 1.29 is 9.53 Å². The summed E-state index contributed by atoms with van der Waals surface area (Å²) in [6.45, 7) is 2.78. The summed E-state index contributed by atoms with van der Waals surface area (Å²) in [5.41, 5.74) is 5.54. The van der Waals surface area contributed by atoms with Gasteiger partial charge in [0.15, 0.2) is 0 Å². The topological polar surface area (TPSA) is 52.3 Å². The van der Waals surface area contributed by atoms with Gasteiger partial charge in [-0.25, -0.2) is 0 Å². The van der Waals surface area contributed by atoms with Gasteiger partial charge in [-0.05, 0) is 6.42 Å². The summed E-state index contributed by atoms with van der Waals surface area (Å²) in [5.74, 6) is 0.0218. The first kappa shape index (κ1) is 29.0. The summed E-state index contributed by atoms with van der Waals surface area (Å²) in [6.07, 6.45) is 21.5. The number of thiol groups is 1. The quantitative estimate of drug-likeness (QED) is 0.133. The van der Waals surface area contributed by atoms with E-state index in [0.717, 1.165) is 12.8 Å². The Labute approximate surface area is 190 Å². The second-order valence-electron chi connectivity index (χ2n) is 7.26. The minimum atomic E-state index is -0.579. The van der Waals surface area contributed by atoms with E-state index in [4.69, 9.17) is 10.5 Å². The molecule has 0 bridgehead atoms. The number of unbranched alkanes of at least 4 members (excludes halogenated alkanes) is 15. The van der Waals surface area contributed by atoms with Crippen LogP contribution in [0.3, 0.4) is 0 Å². The molecule has 0 aromatic heterocycles. The number of ether oxygens (including phenoxy) is 1. The first-order valence-corrected chi connectivity index (χ1v) is 11.4. The van der Waals surface area contributed by atoms with Crippen LogP contribution < -0.4 is 5.73 Å². The van der Waals surface area contributed by atoms with Gasteiger partial charge in [-0.15, -0.1) is 0 Å². The van der Waals surface area contributed by atoms with Gasteiger partial charge in [0.25, 0.3) is 0 Å². The zero-order chi connectivity index (χ0) is 18.6. The Morgan fingerprint density at radius 2 is 1.12 bits per heavy atom. The number of rotatable bonds is 19. The Balaban J connectivity index is 0. The van der Waals surface area contributed by atoms with Crippen molar-refractivity contribution in [3.63, 3.8) is 0 Å². The van der Waals surface area contributed by atoms with Crippen molar-refractivity contribution in [3.8, 4) is 0 Å². The minimum absolute atomic E-state index is 0. The maximum atomic E-state index is 11.3. The molecule has 1 atom stereocenters.